The number of rotatable bonds is 4. The van der Waals surface area contributed by atoms with Gasteiger partial charge >= 0.3 is 6.03 Å². The number of urea groups is 1. The van der Waals surface area contributed by atoms with Gasteiger partial charge in [0.2, 0.25) is 0 Å². The number of aryl methyl sites for hydroxylation is 1. The van der Waals surface area contributed by atoms with Crippen LogP contribution in [0.4, 0.5) is 10.5 Å². The summed E-state index contributed by atoms with van der Waals surface area (Å²) in [5, 5.41) is 7.59. The summed E-state index contributed by atoms with van der Waals surface area (Å²) in [6, 6.07) is 12.7. The Kier molecular flexibility index (Phi) is 6.00. The highest BCUT2D eigenvalue weighted by Gasteiger charge is 2.31. The third kappa shape index (κ3) is 3.91. The van der Waals surface area contributed by atoms with Crippen LogP contribution in [0.15, 0.2) is 53.4 Å². The second-order valence-corrected chi connectivity index (χ2v) is 9.46. The molecule has 1 N–H and O–H groups in total. The van der Waals surface area contributed by atoms with E-state index < -0.39 is 0 Å². The van der Waals surface area contributed by atoms with Gasteiger partial charge in [-0.3, -0.25) is 0 Å². The maximum atomic E-state index is 13.7. The first kappa shape index (κ1) is 20.7. The van der Waals surface area contributed by atoms with E-state index in [1.54, 1.807) is 11.3 Å². The molecule has 1 aromatic carbocycles. The van der Waals surface area contributed by atoms with Crippen molar-refractivity contribution < 1.29 is 4.79 Å². The minimum atomic E-state index is -0.0672. The van der Waals surface area contributed by atoms with E-state index in [2.05, 4.69) is 90.9 Å². The summed E-state index contributed by atoms with van der Waals surface area (Å²) in [6.45, 7) is 10.4. The molecule has 2 aromatic heterocycles. The molecule has 3 aromatic rings. The van der Waals surface area contributed by atoms with Gasteiger partial charge in [-0.15, -0.1) is 0 Å². The number of thiophene rings is 1. The number of anilines is 1. The van der Waals surface area contributed by atoms with Crippen LogP contribution in [0.3, 0.4) is 0 Å². The van der Waals surface area contributed by atoms with Crippen molar-refractivity contribution in [3.05, 3.63) is 75.7 Å². The average Bonchev–Trinajstić information content (AvgIpc) is 3.37. The largest absolute Gasteiger partial charge is 0.349 e. The molecule has 0 saturated heterocycles. The van der Waals surface area contributed by atoms with Gasteiger partial charge < -0.3 is 14.8 Å². The highest BCUT2D eigenvalue weighted by molar-refractivity contribution is 7.08. The molecular formula is C25H31N3OS. The van der Waals surface area contributed by atoms with E-state index in [1.165, 1.54) is 22.4 Å². The van der Waals surface area contributed by atoms with Crippen molar-refractivity contribution in [3.63, 3.8) is 0 Å². The number of carbonyl (C=O) groups is 1. The fourth-order valence-corrected chi connectivity index (χ4v) is 5.13. The van der Waals surface area contributed by atoms with Crippen molar-refractivity contribution >= 4 is 23.1 Å². The van der Waals surface area contributed by atoms with Gasteiger partial charge in [0, 0.05) is 30.7 Å². The molecule has 3 heterocycles. The summed E-state index contributed by atoms with van der Waals surface area (Å²) >= 11 is 1.68. The molecule has 1 aliphatic rings. The van der Waals surface area contributed by atoms with E-state index in [0.717, 1.165) is 25.2 Å². The number of nitrogens with one attached hydrogen (secondary N) is 1. The summed E-state index contributed by atoms with van der Waals surface area (Å²) in [4.78, 5) is 15.7. The van der Waals surface area contributed by atoms with Crippen LogP contribution >= 0.6 is 11.3 Å². The topological polar surface area (TPSA) is 37.3 Å². The summed E-state index contributed by atoms with van der Waals surface area (Å²) < 4.78 is 2.29. The second kappa shape index (κ2) is 8.68. The molecule has 5 heteroatoms. The number of carbonyl (C=O) groups excluding carboxylic acids is 1. The lowest BCUT2D eigenvalue weighted by Crippen LogP contribution is -2.39. The van der Waals surface area contributed by atoms with Crippen molar-refractivity contribution in [1.82, 2.24) is 9.47 Å². The first-order valence-electron chi connectivity index (χ1n) is 10.8. The molecule has 1 aliphatic heterocycles. The number of hydrogen-bond donors (Lipinski definition) is 1. The highest BCUT2D eigenvalue weighted by Crippen LogP contribution is 2.36. The maximum absolute atomic E-state index is 13.7. The quantitative estimate of drug-likeness (QED) is 0.493. The predicted octanol–water partition coefficient (Wildman–Crippen LogP) is 6.82. The Morgan fingerprint density at radius 1 is 1.03 bits per heavy atom. The van der Waals surface area contributed by atoms with E-state index in [1.807, 2.05) is 4.90 Å². The molecular weight excluding hydrogens is 390 g/mol. The van der Waals surface area contributed by atoms with Crippen LogP contribution in [0.1, 0.15) is 74.4 Å². The van der Waals surface area contributed by atoms with Crippen LogP contribution in [-0.4, -0.2) is 22.0 Å². The van der Waals surface area contributed by atoms with Gasteiger partial charge in [0.15, 0.2) is 0 Å². The highest BCUT2D eigenvalue weighted by atomic mass is 32.1. The Balaban J connectivity index is 1.73. The predicted molar refractivity (Wildman–Crippen MR) is 126 cm³/mol. The monoisotopic (exact) mass is 421 g/mol. The van der Waals surface area contributed by atoms with Crippen molar-refractivity contribution in [2.45, 2.75) is 58.5 Å². The van der Waals surface area contributed by atoms with Gasteiger partial charge in [-0.05, 0) is 63.9 Å². The van der Waals surface area contributed by atoms with Crippen LogP contribution in [0, 0.1) is 0 Å². The third-order valence-corrected chi connectivity index (χ3v) is 6.68. The lowest BCUT2D eigenvalue weighted by atomic mass is 9.92. The Bertz CT molecular complexity index is 977. The second-order valence-electron chi connectivity index (χ2n) is 8.68. The minimum Gasteiger partial charge on any atom is -0.349 e. The van der Waals surface area contributed by atoms with Crippen LogP contribution < -0.4 is 5.32 Å². The number of aromatic nitrogens is 1. The van der Waals surface area contributed by atoms with Crippen LogP contribution in [0.25, 0.3) is 0 Å². The zero-order valence-electron chi connectivity index (χ0n) is 18.3. The molecule has 0 unspecified atom stereocenters. The fourth-order valence-electron chi connectivity index (χ4n) is 4.45. The molecule has 2 amide bonds. The van der Waals surface area contributed by atoms with Crippen molar-refractivity contribution in [1.29, 1.82) is 0 Å². The Hall–Kier alpha value is -2.53. The summed E-state index contributed by atoms with van der Waals surface area (Å²) in [5.74, 6) is 0.682. The lowest BCUT2D eigenvalue weighted by Gasteiger charge is -2.31. The van der Waals surface area contributed by atoms with Crippen molar-refractivity contribution in [2.75, 3.05) is 11.9 Å². The fraction of sp³-hybridized carbons (Fsp3) is 0.400. The number of benzene rings is 1. The molecule has 4 rings (SSSR count). The Morgan fingerprint density at radius 3 is 2.40 bits per heavy atom. The van der Waals surface area contributed by atoms with Gasteiger partial charge in [0.1, 0.15) is 0 Å². The minimum absolute atomic E-state index is 0.0177. The van der Waals surface area contributed by atoms with E-state index in [9.17, 15) is 4.79 Å². The van der Waals surface area contributed by atoms with Gasteiger partial charge in [-0.2, -0.15) is 11.3 Å². The van der Waals surface area contributed by atoms with Crippen molar-refractivity contribution in [3.8, 4) is 0 Å². The average molecular weight is 422 g/mol. The molecule has 1 atom stereocenters. The van der Waals surface area contributed by atoms with E-state index in [4.69, 9.17) is 0 Å². The molecule has 4 nitrogen and oxygen atoms in total. The van der Waals surface area contributed by atoms with Gasteiger partial charge in [-0.1, -0.05) is 45.9 Å². The number of amides is 2. The molecule has 0 radical (unpaired) electrons. The van der Waals surface area contributed by atoms with Crippen LogP contribution in [0.2, 0.25) is 0 Å². The summed E-state index contributed by atoms with van der Waals surface area (Å²) in [5.41, 5.74) is 5.73. The molecule has 158 valence electrons. The Morgan fingerprint density at radius 2 is 1.77 bits per heavy atom. The number of hydrogen-bond acceptors (Lipinski definition) is 2. The zero-order valence-corrected chi connectivity index (χ0v) is 19.1. The first-order chi connectivity index (χ1) is 14.5. The number of nitrogens with zero attached hydrogens (tertiary/aromatic N) is 2. The van der Waals surface area contributed by atoms with E-state index >= 15 is 0 Å². The molecule has 30 heavy (non-hydrogen) atoms. The molecule has 0 spiro atoms. The number of fused-ring (bicyclic) bond motifs is 1. The Labute approximate surface area is 183 Å². The molecule has 0 aliphatic carbocycles. The lowest BCUT2D eigenvalue weighted by molar-refractivity contribution is 0.199. The molecule has 0 fully saturated rings. The van der Waals surface area contributed by atoms with Crippen molar-refractivity contribution in [2.24, 2.45) is 0 Å². The van der Waals surface area contributed by atoms with Crippen LogP contribution in [0.5, 0.6) is 0 Å². The first-order valence-corrected chi connectivity index (χ1v) is 11.8. The standard InChI is InChI=1S/C25H31N3OS/c1-17(2)20-8-5-9-21(18(3)4)23(20)26-25(29)28-14-7-13-27-12-6-10-22(27)24(28)19-11-15-30-16-19/h5-6,8-12,15-18,24H,7,13-14H2,1-4H3,(H,26,29)/t24-/m1/s1. The zero-order chi connectivity index (χ0) is 21.3. The van der Waals surface area contributed by atoms with E-state index in [-0.39, 0.29) is 12.1 Å². The van der Waals surface area contributed by atoms with Gasteiger partial charge in [-0.25, -0.2) is 4.79 Å². The normalized spacial score (nSPS) is 16.6. The third-order valence-electron chi connectivity index (χ3n) is 5.98. The van der Waals surface area contributed by atoms with Gasteiger partial charge in [0.05, 0.1) is 6.04 Å². The molecule has 0 saturated carbocycles. The molecule has 0 bridgehead atoms. The number of para-hydroxylation sites is 1. The summed E-state index contributed by atoms with van der Waals surface area (Å²) in [7, 11) is 0. The van der Waals surface area contributed by atoms with Crippen LogP contribution in [-0.2, 0) is 6.54 Å². The van der Waals surface area contributed by atoms with E-state index in [0.29, 0.717) is 11.8 Å². The maximum Gasteiger partial charge on any atom is 0.322 e. The SMILES string of the molecule is CC(C)c1cccc(C(C)C)c1NC(=O)N1CCCn2cccc2[C@H]1c1ccsc1. The summed E-state index contributed by atoms with van der Waals surface area (Å²) in [6.07, 6.45) is 3.07. The smallest absolute Gasteiger partial charge is 0.322 e. The van der Waals surface area contributed by atoms with Gasteiger partial charge in [0.25, 0.3) is 0 Å².